The molecule has 3 nitrogen and oxygen atoms in total. The van der Waals surface area contributed by atoms with Crippen molar-refractivity contribution in [3.8, 4) is 6.07 Å². The fourth-order valence-corrected chi connectivity index (χ4v) is 3.67. The molecule has 0 amide bonds. The Kier molecular flexibility index (Phi) is 4.86. The maximum atomic E-state index is 9.11. The first kappa shape index (κ1) is 14.8. The van der Waals surface area contributed by atoms with Gasteiger partial charge in [-0.1, -0.05) is 25.7 Å². The van der Waals surface area contributed by atoms with Crippen LogP contribution in [0.2, 0.25) is 0 Å². The van der Waals surface area contributed by atoms with Crippen molar-refractivity contribution in [3.63, 3.8) is 0 Å². The molecule has 1 aliphatic carbocycles. The Labute approximate surface area is 118 Å². The van der Waals surface area contributed by atoms with Gasteiger partial charge in [-0.3, -0.25) is 9.80 Å². The summed E-state index contributed by atoms with van der Waals surface area (Å²) in [6.45, 7) is 6.82. The van der Waals surface area contributed by atoms with Crippen molar-refractivity contribution in [2.75, 3.05) is 20.1 Å². The molecule has 108 valence electrons. The second-order valence-corrected chi connectivity index (χ2v) is 7.03. The minimum atomic E-state index is 0.234. The SMILES string of the molecule is CN1CC(CC#N)N(C2CCCCCC2)CC1(C)C. The van der Waals surface area contributed by atoms with E-state index in [-0.39, 0.29) is 5.54 Å². The van der Waals surface area contributed by atoms with E-state index < -0.39 is 0 Å². The third kappa shape index (κ3) is 3.49. The van der Waals surface area contributed by atoms with Crippen LogP contribution in [0.4, 0.5) is 0 Å². The van der Waals surface area contributed by atoms with E-state index in [1.807, 2.05) is 0 Å². The smallest absolute Gasteiger partial charge is 0.0638 e. The number of piperazine rings is 1. The average Bonchev–Trinajstić information content (AvgIpc) is 2.63. The molecule has 1 atom stereocenters. The van der Waals surface area contributed by atoms with E-state index in [9.17, 15) is 0 Å². The highest BCUT2D eigenvalue weighted by molar-refractivity contribution is 4.98. The van der Waals surface area contributed by atoms with Gasteiger partial charge in [0.15, 0.2) is 0 Å². The number of hydrogen-bond donors (Lipinski definition) is 0. The Hall–Kier alpha value is -0.590. The lowest BCUT2D eigenvalue weighted by atomic mass is 9.92. The van der Waals surface area contributed by atoms with Crippen molar-refractivity contribution in [1.29, 1.82) is 5.26 Å². The van der Waals surface area contributed by atoms with Gasteiger partial charge in [0.1, 0.15) is 0 Å². The van der Waals surface area contributed by atoms with E-state index in [0.717, 1.165) is 13.1 Å². The third-order valence-corrected chi connectivity index (χ3v) is 5.18. The molecular formula is C16H29N3. The Morgan fingerprint density at radius 3 is 2.37 bits per heavy atom. The summed E-state index contributed by atoms with van der Waals surface area (Å²) < 4.78 is 0. The van der Waals surface area contributed by atoms with Crippen LogP contribution in [0.5, 0.6) is 0 Å². The van der Waals surface area contributed by atoms with Crippen LogP contribution in [0.3, 0.4) is 0 Å². The molecule has 1 heterocycles. The minimum absolute atomic E-state index is 0.234. The van der Waals surface area contributed by atoms with Crippen LogP contribution >= 0.6 is 0 Å². The van der Waals surface area contributed by atoms with Crippen molar-refractivity contribution >= 4 is 0 Å². The predicted molar refractivity (Wildman–Crippen MR) is 78.9 cm³/mol. The van der Waals surface area contributed by atoms with Crippen molar-refractivity contribution in [1.82, 2.24) is 9.80 Å². The Bertz CT molecular complexity index is 323. The van der Waals surface area contributed by atoms with Gasteiger partial charge < -0.3 is 0 Å². The highest BCUT2D eigenvalue weighted by Gasteiger charge is 2.39. The first-order valence-corrected chi connectivity index (χ1v) is 7.88. The lowest BCUT2D eigenvalue weighted by molar-refractivity contribution is -0.0265. The number of nitrogens with zero attached hydrogens (tertiary/aromatic N) is 3. The Morgan fingerprint density at radius 2 is 1.79 bits per heavy atom. The topological polar surface area (TPSA) is 30.3 Å². The molecule has 2 fully saturated rings. The van der Waals surface area contributed by atoms with Crippen LogP contribution in [0.15, 0.2) is 0 Å². The van der Waals surface area contributed by atoms with E-state index in [1.54, 1.807) is 0 Å². The summed E-state index contributed by atoms with van der Waals surface area (Å²) in [5.41, 5.74) is 0.234. The van der Waals surface area contributed by atoms with Gasteiger partial charge in [0, 0.05) is 30.7 Å². The molecule has 0 N–H and O–H groups in total. The molecule has 0 aromatic rings. The number of hydrogen-bond acceptors (Lipinski definition) is 3. The van der Waals surface area contributed by atoms with Crippen LogP contribution in [-0.2, 0) is 0 Å². The van der Waals surface area contributed by atoms with Gasteiger partial charge in [-0.2, -0.15) is 5.26 Å². The average molecular weight is 263 g/mol. The fourth-order valence-electron chi connectivity index (χ4n) is 3.67. The lowest BCUT2D eigenvalue weighted by Gasteiger charge is -2.52. The summed E-state index contributed by atoms with van der Waals surface area (Å²) in [6.07, 6.45) is 8.89. The molecule has 0 bridgehead atoms. The van der Waals surface area contributed by atoms with Crippen molar-refractivity contribution in [2.24, 2.45) is 0 Å². The summed E-state index contributed by atoms with van der Waals surface area (Å²) in [7, 11) is 2.20. The summed E-state index contributed by atoms with van der Waals surface area (Å²) >= 11 is 0. The van der Waals surface area contributed by atoms with Gasteiger partial charge >= 0.3 is 0 Å². The van der Waals surface area contributed by atoms with E-state index in [2.05, 4.69) is 36.8 Å². The fraction of sp³-hybridized carbons (Fsp3) is 0.938. The van der Waals surface area contributed by atoms with Crippen molar-refractivity contribution in [3.05, 3.63) is 0 Å². The lowest BCUT2D eigenvalue weighted by Crippen LogP contribution is -2.64. The summed E-state index contributed by atoms with van der Waals surface area (Å²) in [6, 6.07) is 3.55. The summed E-state index contributed by atoms with van der Waals surface area (Å²) in [5.74, 6) is 0. The van der Waals surface area contributed by atoms with Crippen LogP contribution in [0.25, 0.3) is 0 Å². The van der Waals surface area contributed by atoms with Gasteiger partial charge in [-0.05, 0) is 33.7 Å². The first-order chi connectivity index (χ1) is 9.04. The third-order valence-electron chi connectivity index (χ3n) is 5.18. The van der Waals surface area contributed by atoms with Crippen molar-refractivity contribution < 1.29 is 0 Å². The second-order valence-electron chi connectivity index (χ2n) is 7.03. The molecule has 0 spiro atoms. The largest absolute Gasteiger partial charge is 0.298 e. The number of nitriles is 1. The maximum Gasteiger partial charge on any atom is 0.0638 e. The molecule has 0 radical (unpaired) electrons. The van der Waals surface area contributed by atoms with Crippen LogP contribution in [-0.4, -0.2) is 47.6 Å². The zero-order valence-corrected chi connectivity index (χ0v) is 12.9. The van der Waals surface area contributed by atoms with Crippen LogP contribution in [0, 0.1) is 11.3 Å². The zero-order valence-electron chi connectivity index (χ0n) is 12.9. The van der Waals surface area contributed by atoms with Gasteiger partial charge in [-0.15, -0.1) is 0 Å². The zero-order chi connectivity index (χ0) is 13.9. The first-order valence-electron chi connectivity index (χ1n) is 7.88. The molecular weight excluding hydrogens is 234 g/mol. The van der Waals surface area contributed by atoms with Gasteiger partial charge in [-0.25, -0.2) is 0 Å². The van der Waals surface area contributed by atoms with E-state index >= 15 is 0 Å². The number of likely N-dealkylation sites (N-methyl/N-ethyl adjacent to an activating group) is 1. The number of rotatable bonds is 2. The summed E-state index contributed by atoms with van der Waals surface area (Å²) in [5, 5.41) is 9.11. The monoisotopic (exact) mass is 263 g/mol. The molecule has 19 heavy (non-hydrogen) atoms. The minimum Gasteiger partial charge on any atom is -0.298 e. The molecule has 1 unspecified atom stereocenters. The standard InChI is InChI=1S/C16H29N3/c1-16(2)13-19(14-8-6-4-5-7-9-14)15(10-11-17)12-18(16)3/h14-15H,4-10,12-13H2,1-3H3. The molecule has 0 aromatic heterocycles. The molecule has 1 saturated heterocycles. The van der Waals surface area contributed by atoms with E-state index in [1.165, 1.54) is 38.5 Å². The quantitative estimate of drug-likeness (QED) is 0.717. The molecule has 2 rings (SSSR count). The molecule has 0 aromatic carbocycles. The predicted octanol–water partition coefficient (Wildman–Crippen LogP) is 3.02. The van der Waals surface area contributed by atoms with Crippen LogP contribution < -0.4 is 0 Å². The molecule has 3 heteroatoms. The molecule has 2 aliphatic rings. The molecule has 1 aliphatic heterocycles. The highest BCUT2D eigenvalue weighted by Crippen LogP contribution is 2.31. The van der Waals surface area contributed by atoms with Crippen LogP contribution in [0.1, 0.15) is 58.8 Å². The van der Waals surface area contributed by atoms with E-state index in [4.69, 9.17) is 5.26 Å². The molecule has 1 saturated carbocycles. The normalized spacial score (nSPS) is 30.7. The van der Waals surface area contributed by atoms with Gasteiger partial charge in [0.25, 0.3) is 0 Å². The highest BCUT2D eigenvalue weighted by atomic mass is 15.3. The van der Waals surface area contributed by atoms with Gasteiger partial charge in [0.2, 0.25) is 0 Å². The van der Waals surface area contributed by atoms with Gasteiger partial charge in [0.05, 0.1) is 12.5 Å². The second kappa shape index (κ2) is 6.24. The Morgan fingerprint density at radius 1 is 1.16 bits per heavy atom. The Balaban J connectivity index is 2.11. The van der Waals surface area contributed by atoms with E-state index in [0.29, 0.717) is 18.5 Å². The van der Waals surface area contributed by atoms with Crippen molar-refractivity contribution in [2.45, 2.75) is 76.4 Å². The summed E-state index contributed by atoms with van der Waals surface area (Å²) in [4.78, 5) is 5.11. The maximum absolute atomic E-state index is 9.11.